The van der Waals surface area contributed by atoms with Gasteiger partial charge in [0.05, 0.1) is 24.6 Å². The summed E-state index contributed by atoms with van der Waals surface area (Å²) in [6.45, 7) is 2.21. The molecule has 0 aromatic carbocycles. The maximum atomic E-state index is 12.6. The maximum absolute atomic E-state index is 12.6. The lowest BCUT2D eigenvalue weighted by Crippen LogP contribution is -2.33. The first-order valence-corrected chi connectivity index (χ1v) is 10.8. The Morgan fingerprint density at radius 3 is 3.06 bits per heavy atom. The van der Waals surface area contributed by atoms with E-state index >= 15 is 0 Å². The molecule has 1 amide bonds. The van der Waals surface area contributed by atoms with Crippen LogP contribution in [-0.4, -0.2) is 91.0 Å². The first-order valence-electron chi connectivity index (χ1n) is 10.8. The number of amidine groups is 1. The highest BCUT2D eigenvalue weighted by molar-refractivity contribution is 6.12. The summed E-state index contributed by atoms with van der Waals surface area (Å²) in [6, 6.07) is -0.217. The molecule has 10 heteroatoms. The molecule has 2 bridgehead atoms. The Hall–Kier alpha value is -3.11. The summed E-state index contributed by atoms with van der Waals surface area (Å²) in [7, 11) is 3.86. The molecule has 0 saturated heterocycles. The fourth-order valence-electron chi connectivity index (χ4n) is 3.92. The normalized spacial score (nSPS) is 23.8. The standard InChI is InChI=1S/C22H30N6O4/c1-27-6-3-7-28(2)19(30)13-32-18-10-16(4-5-17(18)31-9-8-29)26-22-20-15(12-27)11-23-21(20)24-14-25-22/h4-5,11,14,16,29H,3,6-10,12-13H2,1-2H3,(H2,23,24,25,26). The number of likely N-dealkylation sites (N-methyl/N-ethyl adjacent to an activating group) is 1. The molecule has 3 heterocycles. The van der Waals surface area contributed by atoms with E-state index in [1.165, 1.54) is 0 Å². The Bertz CT molecular complexity index is 964. The van der Waals surface area contributed by atoms with Gasteiger partial charge in [-0.25, -0.2) is 4.99 Å². The molecule has 2 aliphatic heterocycles. The quantitative estimate of drug-likeness (QED) is 0.645. The molecule has 1 unspecified atom stereocenters. The van der Waals surface area contributed by atoms with Gasteiger partial charge in [0.15, 0.2) is 18.2 Å². The van der Waals surface area contributed by atoms with Crippen LogP contribution in [0.1, 0.15) is 24.0 Å². The van der Waals surface area contributed by atoms with Crippen LogP contribution >= 0.6 is 0 Å². The Morgan fingerprint density at radius 1 is 1.34 bits per heavy atom. The Labute approximate surface area is 187 Å². The van der Waals surface area contributed by atoms with Crippen molar-refractivity contribution >= 4 is 23.9 Å². The fourth-order valence-corrected chi connectivity index (χ4v) is 3.92. The second-order valence-corrected chi connectivity index (χ2v) is 8.10. The number of aromatic nitrogens is 1. The number of amides is 1. The van der Waals surface area contributed by atoms with Gasteiger partial charge in [-0.05, 0) is 31.7 Å². The van der Waals surface area contributed by atoms with Crippen LogP contribution in [0.3, 0.4) is 0 Å². The number of allylic oxidation sites excluding steroid dienone is 1. The second-order valence-electron chi connectivity index (χ2n) is 8.10. The molecule has 0 saturated carbocycles. The summed E-state index contributed by atoms with van der Waals surface area (Å²) in [5, 5.41) is 12.3. The van der Waals surface area contributed by atoms with Crippen LogP contribution in [0.15, 0.2) is 39.9 Å². The van der Waals surface area contributed by atoms with Gasteiger partial charge in [0.2, 0.25) is 0 Å². The number of carbonyl (C=O) groups is 1. The molecular weight excluding hydrogens is 412 g/mol. The van der Waals surface area contributed by atoms with E-state index in [4.69, 9.17) is 19.6 Å². The summed E-state index contributed by atoms with van der Waals surface area (Å²) < 4.78 is 11.5. The van der Waals surface area contributed by atoms with Crippen LogP contribution in [0.2, 0.25) is 0 Å². The highest BCUT2D eigenvalue weighted by atomic mass is 16.5. The van der Waals surface area contributed by atoms with Gasteiger partial charge in [-0.15, -0.1) is 0 Å². The van der Waals surface area contributed by atoms with Gasteiger partial charge in [0.1, 0.15) is 18.2 Å². The minimum absolute atomic E-state index is 0.0705. The van der Waals surface area contributed by atoms with Crippen molar-refractivity contribution in [1.29, 1.82) is 0 Å². The number of ether oxygens (including phenoxy) is 2. The predicted molar refractivity (Wildman–Crippen MR) is 122 cm³/mol. The van der Waals surface area contributed by atoms with E-state index in [9.17, 15) is 4.79 Å². The number of nitrogens with one attached hydrogen (secondary N) is 2. The number of aliphatic imine (C=N–C) groups is 2. The van der Waals surface area contributed by atoms with Crippen molar-refractivity contribution in [2.45, 2.75) is 25.4 Å². The largest absolute Gasteiger partial charge is 0.488 e. The summed E-state index contributed by atoms with van der Waals surface area (Å²) in [5.41, 5.74) is 2.09. The first-order chi connectivity index (χ1) is 15.5. The molecule has 1 aromatic heterocycles. The van der Waals surface area contributed by atoms with Crippen molar-refractivity contribution in [1.82, 2.24) is 14.8 Å². The number of H-pyrrole nitrogens is 1. The van der Waals surface area contributed by atoms with Crippen LogP contribution < -0.4 is 5.32 Å². The van der Waals surface area contributed by atoms with Gasteiger partial charge >= 0.3 is 0 Å². The number of aliphatic hydroxyl groups is 1. The van der Waals surface area contributed by atoms with E-state index in [1.807, 2.05) is 12.3 Å². The van der Waals surface area contributed by atoms with E-state index in [1.54, 1.807) is 24.4 Å². The average molecular weight is 443 g/mol. The third-order valence-corrected chi connectivity index (χ3v) is 5.63. The average Bonchev–Trinajstić information content (AvgIpc) is 3.19. The third kappa shape index (κ3) is 5.03. The van der Waals surface area contributed by atoms with Crippen LogP contribution in [-0.2, 0) is 20.8 Å². The maximum Gasteiger partial charge on any atom is 0.260 e. The predicted octanol–water partition coefficient (Wildman–Crippen LogP) is 1.07. The number of carbonyl (C=O) groups excluding carboxylic acids is 1. The molecule has 10 nitrogen and oxygen atoms in total. The Balaban J connectivity index is 1.66. The van der Waals surface area contributed by atoms with Gasteiger partial charge in [0.25, 0.3) is 5.91 Å². The molecule has 1 aromatic rings. The Morgan fingerprint density at radius 2 is 2.22 bits per heavy atom. The Kier molecular flexibility index (Phi) is 6.91. The highest BCUT2D eigenvalue weighted by Crippen LogP contribution is 2.28. The second kappa shape index (κ2) is 10.0. The van der Waals surface area contributed by atoms with Crippen LogP contribution in [0.4, 0.5) is 5.82 Å². The van der Waals surface area contributed by atoms with Crippen molar-refractivity contribution in [3.05, 3.63) is 41.0 Å². The van der Waals surface area contributed by atoms with E-state index in [-0.39, 0.29) is 31.8 Å². The lowest BCUT2D eigenvalue weighted by Gasteiger charge is -2.24. The van der Waals surface area contributed by atoms with Crippen molar-refractivity contribution in [2.24, 2.45) is 9.98 Å². The summed E-state index contributed by atoms with van der Waals surface area (Å²) in [4.78, 5) is 29.1. The molecule has 3 aliphatic rings. The number of nitrogens with zero attached hydrogens (tertiary/aromatic N) is 4. The molecule has 0 radical (unpaired) electrons. The minimum Gasteiger partial charge on any atom is -0.488 e. The number of fused-ring (bicyclic) bond motifs is 2. The molecule has 0 spiro atoms. The minimum atomic E-state index is -0.217. The van der Waals surface area contributed by atoms with Crippen molar-refractivity contribution in [3.63, 3.8) is 0 Å². The van der Waals surface area contributed by atoms with Gasteiger partial charge in [-0.2, -0.15) is 0 Å². The lowest BCUT2D eigenvalue weighted by atomic mass is 10.1. The fraction of sp³-hybridized carbons (Fsp3) is 0.500. The van der Waals surface area contributed by atoms with Crippen molar-refractivity contribution < 1.29 is 19.4 Å². The van der Waals surface area contributed by atoms with Crippen molar-refractivity contribution in [2.75, 3.05) is 52.3 Å². The zero-order chi connectivity index (χ0) is 22.5. The molecule has 1 aliphatic carbocycles. The molecule has 3 N–H and O–H groups in total. The molecule has 1 atom stereocenters. The van der Waals surface area contributed by atoms with Crippen LogP contribution in [0.5, 0.6) is 0 Å². The van der Waals surface area contributed by atoms with E-state index in [2.05, 4.69) is 27.2 Å². The van der Waals surface area contributed by atoms with E-state index < -0.39 is 0 Å². The van der Waals surface area contributed by atoms with Crippen molar-refractivity contribution in [3.8, 4) is 0 Å². The smallest absolute Gasteiger partial charge is 0.260 e. The number of hydrogen-bond acceptors (Lipinski definition) is 8. The highest BCUT2D eigenvalue weighted by Gasteiger charge is 2.25. The summed E-state index contributed by atoms with van der Waals surface area (Å²) in [5.74, 6) is 2.51. The molecule has 172 valence electrons. The van der Waals surface area contributed by atoms with E-state index in [0.717, 1.165) is 36.5 Å². The SMILES string of the molecule is CN1CCCN(C)C(=O)COC2=C(OCCO)C=CC(C2)/N=C2\N=CNc3[nH]cc(c32)C1. The van der Waals surface area contributed by atoms with Gasteiger partial charge in [0, 0.05) is 32.8 Å². The van der Waals surface area contributed by atoms with E-state index in [0.29, 0.717) is 30.3 Å². The number of rotatable bonds is 3. The molecular formula is C22H30N6O4. The van der Waals surface area contributed by atoms with Gasteiger partial charge in [-0.3, -0.25) is 9.79 Å². The zero-order valence-corrected chi connectivity index (χ0v) is 18.5. The lowest BCUT2D eigenvalue weighted by molar-refractivity contribution is -0.133. The third-order valence-electron chi connectivity index (χ3n) is 5.63. The van der Waals surface area contributed by atoms with Gasteiger partial charge in [-0.1, -0.05) is 6.08 Å². The monoisotopic (exact) mass is 442 g/mol. The zero-order valence-electron chi connectivity index (χ0n) is 18.5. The topological polar surface area (TPSA) is 115 Å². The number of aliphatic hydroxyl groups excluding tert-OH is 1. The summed E-state index contributed by atoms with van der Waals surface area (Å²) in [6.07, 6.45) is 8.63. The molecule has 32 heavy (non-hydrogen) atoms. The first kappa shape index (κ1) is 22.1. The number of hydrogen-bond donors (Lipinski definition) is 3. The van der Waals surface area contributed by atoms with Gasteiger partial charge < -0.3 is 34.7 Å². The number of aromatic amines is 1. The molecule has 0 fully saturated rings. The number of anilines is 1. The summed E-state index contributed by atoms with van der Waals surface area (Å²) >= 11 is 0. The van der Waals surface area contributed by atoms with Crippen LogP contribution in [0, 0.1) is 0 Å². The van der Waals surface area contributed by atoms with Crippen LogP contribution in [0.25, 0.3) is 0 Å². The molecule has 4 rings (SSSR count).